The van der Waals surface area contributed by atoms with Crippen molar-refractivity contribution in [3.05, 3.63) is 71.8 Å². The summed E-state index contributed by atoms with van der Waals surface area (Å²) in [4.78, 5) is 24.6. The van der Waals surface area contributed by atoms with Crippen LogP contribution >= 0.6 is 0 Å². The van der Waals surface area contributed by atoms with Crippen molar-refractivity contribution in [1.82, 2.24) is 0 Å². The number of carbonyl (C=O) groups is 2. The summed E-state index contributed by atoms with van der Waals surface area (Å²) in [6, 6.07) is 15.1. The summed E-state index contributed by atoms with van der Waals surface area (Å²) in [6.07, 6.45) is 2.79. The van der Waals surface area contributed by atoms with E-state index in [1.165, 1.54) is 26.4 Å². The van der Waals surface area contributed by atoms with Gasteiger partial charge in [0, 0.05) is 17.7 Å². The molecule has 0 saturated heterocycles. The second-order valence-corrected chi connectivity index (χ2v) is 7.33. The van der Waals surface area contributed by atoms with Gasteiger partial charge in [0.1, 0.15) is 34.3 Å². The fourth-order valence-electron chi connectivity index (χ4n) is 3.37. The number of rotatable bonds is 9. The molecule has 3 aromatic carbocycles. The summed E-state index contributed by atoms with van der Waals surface area (Å²) < 4.78 is 38.2. The molecule has 36 heavy (non-hydrogen) atoms. The Bertz CT molecular complexity index is 1300. The molecule has 1 aliphatic heterocycles. The summed E-state index contributed by atoms with van der Waals surface area (Å²) in [5.41, 5.74) is 0.618. The Balaban J connectivity index is 1.72. The molecule has 4 rings (SSSR count). The summed E-state index contributed by atoms with van der Waals surface area (Å²) in [5.74, 6) is 1.77. The maximum absolute atomic E-state index is 13.0. The van der Waals surface area contributed by atoms with Gasteiger partial charge >= 0.3 is 11.9 Å². The smallest absolute Gasteiger partial charge is 0.345 e. The SMILES string of the molecule is CCOC(=O)c1c(Oc2ccc3c(c2)OCO3)cccc1Oc1ccc(OC)cc1/C=C/C(=O)OC. The zero-order chi connectivity index (χ0) is 25.5. The van der Waals surface area contributed by atoms with Gasteiger partial charge in [-0.25, -0.2) is 9.59 Å². The van der Waals surface area contributed by atoms with Crippen LogP contribution in [0.15, 0.2) is 60.7 Å². The van der Waals surface area contributed by atoms with Crippen LogP contribution in [0.25, 0.3) is 6.08 Å². The largest absolute Gasteiger partial charge is 0.497 e. The van der Waals surface area contributed by atoms with Crippen LogP contribution in [0.3, 0.4) is 0 Å². The average Bonchev–Trinajstić information content (AvgIpc) is 3.36. The van der Waals surface area contributed by atoms with E-state index in [9.17, 15) is 9.59 Å². The lowest BCUT2D eigenvalue weighted by Crippen LogP contribution is -2.08. The van der Waals surface area contributed by atoms with Crippen LogP contribution in [0.2, 0.25) is 0 Å². The van der Waals surface area contributed by atoms with E-state index >= 15 is 0 Å². The summed E-state index contributed by atoms with van der Waals surface area (Å²) in [5, 5.41) is 0. The molecule has 0 amide bonds. The molecule has 0 aromatic heterocycles. The highest BCUT2D eigenvalue weighted by Crippen LogP contribution is 2.40. The number of hydrogen-bond donors (Lipinski definition) is 0. The fourth-order valence-corrected chi connectivity index (χ4v) is 3.37. The van der Waals surface area contributed by atoms with Crippen molar-refractivity contribution >= 4 is 18.0 Å². The van der Waals surface area contributed by atoms with Crippen LogP contribution < -0.4 is 23.7 Å². The minimum atomic E-state index is -0.621. The molecule has 0 radical (unpaired) electrons. The minimum Gasteiger partial charge on any atom is -0.497 e. The Hall–Kier alpha value is -4.66. The van der Waals surface area contributed by atoms with Gasteiger partial charge in [-0.05, 0) is 55.5 Å². The van der Waals surface area contributed by atoms with Crippen molar-refractivity contribution in [2.24, 2.45) is 0 Å². The van der Waals surface area contributed by atoms with Crippen molar-refractivity contribution in [2.45, 2.75) is 6.92 Å². The van der Waals surface area contributed by atoms with Gasteiger partial charge in [0.25, 0.3) is 0 Å². The second-order valence-electron chi connectivity index (χ2n) is 7.33. The molecule has 186 valence electrons. The maximum atomic E-state index is 13.0. The van der Waals surface area contributed by atoms with Gasteiger partial charge in [-0.1, -0.05) is 6.07 Å². The monoisotopic (exact) mass is 492 g/mol. The third-order valence-corrected chi connectivity index (χ3v) is 5.08. The molecule has 0 fully saturated rings. The van der Waals surface area contributed by atoms with Crippen molar-refractivity contribution in [3.8, 4) is 40.2 Å². The quantitative estimate of drug-likeness (QED) is 0.288. The van der Waals surface area contributed by atoms with Crippen molar-refractivity contribution in [1.29, 1.82) is 0 Å². The van der Waals surface area contributed by atoms with E-state index in [1.807, 2.05) is 0 Å². The Kier molecular flexibility index (Phi) is 7.60. The molecule has 0 aliphatic carbocycles. The number of hydrogen-bond acceptors (Lipinski definition) is 9. The third kappa shape index (κ3) is 5.52. The lowest BCUT2D eigenvalue weighted by Gasteiger charge is -2.16. The van der Waals surface area contributed by atoms with Gasteiger partial charge in [-0.15, -0.1) is 0 Å². The lowest BCUT2D eigenvalue weighted by molar-refractivity contribution is -0.134. The Labute approximate surface area is 207 Å². The molecule has 0 saturated carbocycles. The summed E-state index contributed by atoms with van der Waals surface area (Å²) in [6.45, 7) is 2.00. The van der Waals surface area contributed by atoms with Crippen LogP contribution in [0, 0.1) is 0 Å². The number of fused-ring (bicyclic) bond motifs is 1. The number of benzene rings is 3. The first-order chi connectivity index (χ1) is 17.5. The summed E-state index contributed by atoms with van der Waals surface area (Å²) >= 11 is 0. The van der Waals surface area contributed by atoms with Crippen molar-refractivity contribution in [2.75, 3.05) is 27.6 Å². The maximum Gasteiger partial charge on any atom is 0.345 e. The van der Waals surface area contributed by atoms with E-state index in [4.69, 9.17) is 28.4 Å². The van der Waals surface area contributed by atoms with E-state index in [1.54, 1.807) is 61.5 Å². The lowest BCUT2D eigenvalue weighted by atomic mass is 10.1. The molecular formula is C27H24O9. The molecule has 9 heteroatoms. The molecule has 0 N–H and O–H groups in total. The highest BCUT2D eigenvalue weighted by atomic mass is 16.7. The van der Waals surface area contributed by atoms with Crippen LogP contribution in [0.5, 0.6) is 40.2 Å². The van der Waals surface area contributed by atoms with Crippen molar-refractivity contribution < 1.29 is 42.7 Å². The van der Waals surface area contributed by atoms with Crippen LogP contribution in [-0.4, -0.2) is 39.6 Å². The third-order valence-electron chi connectivity index (χ3n) is 5.08. The second kappa shape index (κ2) is 11.2. The zero-order valence-corrected chi connectivity index (χ0v) is 19.9. The average molecular weight is 492 g/mol. The summed E-state index contributed by atoms with van der Waals surface area (Å²) in [7, 11) is 2.81. The first-order valence-corrected chi connectivity index (χ1v) is 11.0. The molecule has 0 spiro atoms. The Morgan fingerprint density at radius 2 is 1.64 bits per heavy atom. The van der Waals surface area contributed by atoms with Crippen LogP contribution in [0.4, 0.5) is 0 Å². The number of methoxy groups -OCH3 is 2. The van der Waals surface area contributed by atoms with Gasteiger partial charge in [-0.2, -0.15) is 0 Å². The first kappa shape index (κ1) is 24.5. The van der Waals surface area contributed by atoms with Crippen LogP contribution in [0.1, 0.15) is 22.8 Å². The number of carbonyl (C=O) groups excluding carboxylic acids is 2. The standard InChI is InChI=1S/C27H24O9/c1-4-32-27(29)26-22(35-19-10-12-21-24(15-19)34-16-33-21)6-5-7-23(26)36-20-11-9-18(30-2)14-17(20)8-13-25(28)31-3/h5-15H,4,16H2,1-3H3/b13-8+. The topological polar surface area (TPSA) is 98.8 Å². The van der Waals surface area contributed by atoms with E-state index in [0.29, 0.717) is 34.3 Å². The van der Waals surface area contributed by atoms with E-state index < -0.39 is 11.9 Å². The van der Waals surface area contributed by atoms with Crippen molar-refractivity contribution in [3.63, 3.8) is 0 Å². The normalized spacial score (nSPS) is 11.8. The van der Waals surface area contributed by atoms with Gasteiger partial charge in [-0.3, -0.25) is 0 Å². The van der Waals surface area contributed by atoms with E-state index in [-0.39, 0.29) is 30.5 Å². The van der Waals surface area contributed by atoms with Gasteiger partial charge in [0.05, 0.1) is 20.8 Å². The first-order valence-electron chi connectivity index (χ1n) is 11.0. The molecule has 0 unspecified atom stereocenters. The van der Waals surface area contributed by atoms with Gasteiger partial charge in [0.2, 0.25) is 6.79 Å². The Morgan fingerprint density at radius 1 is 0.889 bits per heavy atom. The minimum absolute atomic E-state index is 0.0933. The molecule has 0 bridgehead atoms. The molecule has 1 aliphatic rings. The highest BCUT2D eigenvalue weighted by molar-refractivity contribution is 5.96. The fraction of sp³-hybridized carbons (Fsp3) is 0.185. The molecule has 9 nitrogen and oxygen atoms in total. The van der Waals surface area contributed by atoms with E-state index in [2.05, 4.69) is 4.74 Å². The molecule has 0 atom stereocenters. The van der Waals surface area contributed by atoms with Gasteiger partial charge in [0.15, 0.2) is 11.5 Å². The molecule has 3 aromatic rings. The Morgan fingerprint density at radius 3 is 2.39 bits per heavy atom. The highest BCUT2D eigenvalue weighted by Gasteiger charge is 2.23. The van der Waals surface area contributed by atoms with E-state index in [0.717, 1.165) is 0 Å². The number of esters is 2. The molecular weight excluding hydrogens is 468 g/mol. The zero-order valence-electron chi connectivity index (χ0n) is 19.9. The number of ether oxygens (including phenoxy) is 7. The molecule has 1 heterocycles. The predicted octanol–water partition coefficient (Wildman–Crippen LogP) is 5.37. The predicted molar refractivity (Wildman–Crippen MR) is 129 cm³/mol. The van der Waals surface area contributed by atoms with Crippen LogP contribution in [-0.2, 0) is 14.3 Å². The van der Waals surface area contributed by atoms with Gasteiger partial charge < -0.3 is 33.2 Å².